The van der Waals surface area contributed by atoms with Crippen LogP contribution in [0.2, 0.25) is 10.0 Å². The Labute approximate surface area is 136 Å². The van der Waals surface area contributed by atoms with E-state index < -0.39 is 0 Å². The second kappa shape index (κ2) is 7.69. The van der Waals surface area contributed by atoms with Gasteiger partial charge in [-0.05, 0) is 53.9 Å². The average Bonchev–Trinajstić information content (AvgIpc) is 2.48. The highest BCUT2D eigenvalue weighted by atomic mass is 35.5. The van der Waals surface area contributed by atoms with Crippen LogP contribution >= 0.6 is 23.2 Å². The van der Waals surface area contributed by atoms with Gasteiger partial charge in [-0.2, -0.15) is 0 Å². The van der Waals surface area contributed by atoms with Gasteiger partial charge in [-0.25, -0.2) is 0 Å². The van der Waals surface area contributed by atoms with Crippen molar-refractivity contribution in [3.63, 3.8) is 0 Å². The van der Waals surface area contributed by atoms with Gasteiger partial charge >= 0.3 is 0 Å². The number of methoxy groups -OCH3 is 1. The minimum Gasteiger partial charge on any atom is -0.495 e. The number of benzene rings is 2. The van der Waals surface area contributed by atoms with Crippen LogP contribution in [0.15, 0.2) is 36.4 Å². The van der Waals surface area contributed by atoms with E-state index in [1.807, 2.05) is 36.4 Å². The zero-order valence-corrected chi connectivity index (χ0v) is 13.8. The maximum Gasteiger partial charge on any atom is 0.138 e. The number of hydrogen-bond acceptors (Lipinski definition) is 2. The summed E-state index contributed by atoms with van der Waals surface area (Å²) in [6.45, 7) is 3.92. The molecular formula is C17H19Cl2NO. The van der Waals surface area contributed by atoms with E-state index in [1.54, 1.807) is 7.11 Å². The predicted octanol–water partition coefficient (Wildman–Crippen LogP) is 5.17. The van der Waals surface area contributed by atoms with E-state index in [4.69, 9.17) is 27.9 Å². The first-order valence-corrected chi connectivity index (χ1v) is 7.74. The summed E-state index contributed by atoms with van der Waals surface area (Å²) in [6.07, 6.45) is 1.10. The fourth-order valence-electron chi connectivity index (χ4n) is 2.22. The molecule has 2 aromatic rings. The number of hydrogen-bond donors (Lipinski definition) is 1. The molecule has 0 aliphatic carbocycles. The van der Waals surface area contributed by atoms with Crippen LogP contribution in [0.25, 0.3) is 11.1 Å². The number of rotatable bonds is 6. The summed E-state index contributed by atoms with van der Waals surface area (Å²) >= 11 is 12.2. The van der Waals surface area contributed by atoms with E-state index in [2.05, 4.69) is 12.2 Å². The van der Waals surface area contributed by atoms with Gasteiger partial charge in [0.1, 0.15) is 5.75 Å². The van der Waals surface area contributed by atoms with Gasteiger partial charge in [0.05, 0.1) is 12.1 Å². The summed E-state index contributed by atoms with van der Waals surface area (Å²) in [5.41, 5.74) is 3.37. The number of nitrogens with one attached hydrogen (secondary N) is 1. The molecule has 2 aromatic carbocycles. The lowest BCUT2D eigenvalue weighted by Gasteiger charge is -2.13. The first-order valence-electron chi connectivity index (χ1n) is 6.98. The molecule has 0 aliphatic rings. The van der Waals surface area contributed by atoms with Crippen molar-refractivity contribution in [1.29, 1.82) is 0 Å². The molecule has 112 valence electrons. The van der Waals surface area contributed by atoms with Crippen LogP contribution in [-0.4, -0.2) is 13.7 Å². The summed E-state index contributed by atoms with van der Waals surface area (Å²) in [7, 11) is 1.62. The van der Waals surface area contributed by atoms with E-state index in [0.29, 0.717) is 10.8 Å². The molecular weight excluding hydrogens is 305 g/mol. The first-order chi connectivity index (χ1) is 10.2. The molecule has 4 heteroatoms. The Balaban J connectivity index is 2.38. The standard InChI is InChI=1S/C17H19Cl2NO/c1-3-8-20-11-13-9-14(18)5-6-15(13)12-4-7-16(19)17(10-12)21-2/h4-7,9-10,20H,3,8,11H2,1-2H3. The third-order valence-corrected chi connectivity index (χ3v) is 3.82. The largest absolute Gasteiger partial charge is 0.495 e. The summed E-state index contributed by atoms with van der Waals surface area (Å²) in [5, 5.41) is 4.77. The Morgan fingerprint density at radius 1 is 1.10 bits per heavy atom. The lowest BCUT2D eigenvalue weighted by Crippen LogP contribution is -2.14. The van der Waals surface area contributed by atoms with Crippen LogP contribution in [0.5, 0.6) is 5.75 Å². The van der Waals surface area contributed by atoms with E-state index >= 15 is 0 Å². The lowest BCUT2D eigenvalue weighted by molar-refractivity contribution is 0.415. The number of ether oxygens (including phenoxy) is 1. The minimum absolute atomic E-state index is 0.612. The normalized spacial score (nSPS) is 10.7. The molecule has 0 aromatic heterocycles. The van der Waals surface area contributed by atoms with Crippen LogP contribution in [0.1, 0.15) is 18.9 Å². The van der Waals surface area contributed by atoms with Crippen LogP contribution in [0.4, 0.5) is 0 Å². The maximum atomic E-state index is 6.13. The van der Waals surface area contributed by atoms with Crippen molar-refractivity contribution in [2.75, 3.05) is 13.7 Å². The molecule has 0 bridgehead atoms. The first kappa shape index (κ1) is 16.2. The fraction of sp³-hybridized carbons (Fsp3) is 0.294. The molecule has 0 amide bonds. The Kier molecular flexibility index (Phi) is 5.92. The van der Waals surface area contributed by atoms with Gasteiger partial charge in [-0.15, -0.1) is 0 Å². The number of halogens is 2. The van der Waals surface area contributed by atoms with Crippen molar-refractivity contribution < 1.29 is 4.74 Å². The molecule has 0 atom stereocenters. The molecule has 2 nitrogen and oxygen atoms in total. The second-order valence-electron chi connectivity index (χ2n) is 4.83. The van der Waals surface area contributed by atoms with Crippen molar-refractivity contribution in [2.45, 2.75) is 19.9 Å². The Hall–Kier alpha value is -1.22. The van der Waals surface area contributed by atoms with E-state index in [9.17, 15) is 0 Å². The lowest BCUT2D eigenvalue weighted by atomic mass is 9.99. The van der Waals surface area contributed by atoms with E-state index in [-0.39, 0.29) is 0 Å². The molecule has 0 spiro atoms. The van der Waals surface area contributed by atoms with Crippen LogP contribution in [0.3, 0.4) is 0 Å². The minimum atomic E-state index is 0.612. The van der Waals surface area contributed by atoms with Gasteiger partial charge in [-0.3, -0.25) is 0 Å². The predicted molar refractivity (Wildman–Crippen MR) is 90.4 cm³/mol. The van der Waals surface area contributed by atoms with Gasteiger partial charge < -0.3 is 10.1 Å². The Bertz CT molecular complexity index is 614. The molecule has 1 N–H and O–H groups in total. The third kappa shape index (κ3) is 4.13. The van der Waals surface area contributed by atoms with Gasteiger partial charge in [0, 0.05) is 11.6 Å². The molecule has 0 saturated carbocycles. The Morgan fingerprint density at radius 2 is 1.90 bits per heavy atom. The van der Waals surface area contributed by atoms with Gasteiger partial charge in [0.2, 0.25) is 0 Å². The highest BCUT2D eigenvalue weighted by molar-refractivity contribution is 6.32. The molecule has 0 aliphatic heterocycles. The van der Waals surface area contributed by atoms with Crippen LogP contribution in [-0.2, 0) is 6.54 Å². The molecule has 0 fully saturated rings. The molecule has 0 saturated heterocycles. The van der Waals surface area contributed by atoms with Crippen LogP contribution in [0, 0.1) is 0 Å². The zero-order chi connectivity index (χ0) is 15.2. The average molecular weight is 324 g/mol. The third-order valence-electron chi connectivity index (χ3n) is 3.27. The monoisotopic (exact) mass is 323 g/mol. The van der Waals surface area contributed by atoms with Gasteiger partial charge in [0.25, 0.3) is 0 Å². The Morgan fingerprint density at radius 3 is 2.62 bits per heavy atom. The highest BCUT2D eigenvalue weighted by Crippen LogP contribution is 2.33. The highest BCUT2D eigenvalue weighted by Gasteiger charge is 2.09. The summed E-state index contributed by atoms with van der Waals surface area (Å²) < 4.78 is 5.30. The summed E-state index contributed by atoms with van der Waals surface area (Å²) in [6, 6.07) is 11.7. The maximum absolute atomic E-state index is 6.13. The summed E-state index contributed by atoms with van der Waals surface area (Å²) in [4.78, 5) is 0. The van der Waals surface area contributed by atoms with Gasteiger partial charge in [-0.1, -0.05) is 42.3 Å². The quantitative estimate of drug-likeness (QED) is 0.740. The molecule has 2 rings (SSSR count). The van der Waals surface area contributed by atoms with E-state index in [1.165, 1.54) is 5.56 Å². The fourth-order valence-corrected chi connectivity index (χ4v) is 2.61. The van der Waals surface area contributed by atoms with Crippen LogP contribution < -0.4 is 10.1 Å². The molecule has 0 heterocycles. The smallest absolute Gasteiger partial charge is 0.138 e. The van der Waals surface area contributed by atoms with E-state index in [0.717, 1.165) is 35.7 Å². The molecule has 0 unspecified atom stereocenters. The topological polar surface area (TPSA) is 21.3 Å². The van der Waals surface area contributed by atoms with Crippen molar-refractivity contribution in [3.05, 3.63) is 52.0 Å². The van der Waals surface area contributed by atoms with Crippen molar-refractivity contribution in [1.82, 2.24) is 5.32 Å². The van der Waals surface area contributed by atoms with Crippen molar-refractivity contribution in [2.24, 2.45) is 0 Å². The molecule has 21 heavy (non-hydrogen) atoms. The van der Waals surface area contributed by atoms with Crippen molar-refractivity contribution in [3.8, 4) is 16.9 Å². The molecule has 0 radical (unpaired) electrons. The zero-order valence-electron chi connectivity index (χ0n) is 12.2. The van der Waals surface area contributed by atoms with Gasteiger partial charge in [0.15, 0.2) is 0 Å². The second-order valence-corrected chi connectivity index (χ2v) is 5.67. The summed E-state index contributed by atoms with van der Waals surface area (Å²) in [5.74, 6) is 0.677. The SMILES string of the molecule is CCCNCc1cc(Cl)ccc1-c1ccc(Cl)c(OC)c1. The van der Waals surface area contributed by atoms with Crippen molar-refractivity contribution >= 4 is 23.2 Å².